The summed E-state index contributed by atoms with van der Waals surface area (Å²) in [6, 6.07) is 1.79. The molecule has 0 bridgehead atoms. The fraction of sp³-hybridized carbons (Fsp3) is 0.619. The predicted molar refractivity (Wildman–Crippen MR) is 111 cm³/mol. The van der Waals surface area contributed by atoms with Crippen LogP contribution in [0.25, 0.3) is 0 Å². The summed E-state index contributed by atoms with van der Waals surface area (Å²) in [6.07, 6.45) is 5.32. The molecule has 2 aromatic rings. The number of aryl methyl sites for hydroxylation is 2. The number of ether oxygens (including phenoxy) is 1. The molecule has 2 aliphatic rings. The zero-order chi connectivity index (χ0) is 20.4. The molecule has 1 atom stereocenters. The van der Waals surface area contributed by atoms with Gasteiger partial charge in [-0.3, -0.25) is 9.69 Å². The van der Waals surface area contributed by atoms with E-state index in [4.69, 9.17) is 4.74 Å². The maximum Gasteiger partial charge on any atom is 0.227 e. The quantitative estimate of drug-likeness (QED) is 0.747. The molecule has 0 aliphatic carbocycles. The Morgan fingerprint density at radius 2 is 2.03 bits per heavy atom. The fourth-order valence-electron chi connectivity index (χ4n) is 4.71. The number of nitrogens with zero attached hydrogens (tertiary/aromatic N) is 5. The molecule has 156 valence electrons. The Bertz CT molecular complexity index is 850. The minimum absolute atomic E-state index is 0.00518. The van der Waals surface area contributed by atoms with Crippen molar-refractivity contribution >= 4 is 17.2 Å². The topological polar surface area (TPSA) is 71.5 Å². The predicted octanol–water partition coefficient (Wildman–Crippen LogP) is 2.44. The largest absolute Gasteiger partial charge is 0.381 e. The summed E-state index contributed by atoms with van der Waals surface area (Å²) in [4.78, 5) is 32.2. The molecule has 2 aromatic heterocycles. The SMILES string of the molecule is Cc1nc(C)c(CN2CC(C(=O)N(C)Cc3ncccn3)C3(CCOCC3)C2)s1. The van der Waals surface area contributed by atoms with Crippen molar-refractivity contribution in [3.05, 3.63) is 39.9 Å². The summed E-state index contributed by atoms with van der Waals surface area (Å²) in [5.74, 6) is 0.850. The molecular formula is C21H29N5O2S. The molecule has 8 heteroatoms. The van der Waals surface area contributed by atoms with Gasteiger partial charge in [0, 0.05) is 62.6 Å². The molecule has 2 aliphatic heterocycles. The minimum atomic E-state index is -0.0190. The van der Waals surface area contributed by atoms with E-state index < -0.39 is 0 Å². The number of hydrogen-bond donors (Lipinski definition) is 0. The number of likely N-dealkylation sites (tertiary alicyclic amines) is 1. The van der Waals surface area contributed by atoms with Gasteiger partial charge < -0.3 is 9.64 Å². The smallest absolute Gasteiger partial charge is 0.227 e. The van der Waals surface area contributed by atoms with Crippen LogP contribution < -0.4 is 0 Å². The van der Waals surface area contributed by atoms with Crippen LogP contribution in [-0.4, -0.2) is 64.0 Å². The Morgan fingerprint density at radius 3 is 2.69 bits per heavy atom. The second kappa shape index (κ2) is 8.45. The average molecular weight is 416 g/mol. The van der Waals surface area contributed by atoms with Gasteiger partial charge in [0.1, 0.15) is 5.82 Å². The first-order valence-electron chi connectivity index (χ1n) is 10.2. The number of aromatic nitrogens is 3. The number of hydrogen-bond acceptors (Lipinski definition) is 7. The van der Waals surface area contributed by atoms with E-state index in [0.717, 1.165) is 56.4 Å². The van der Waals surface area contributed by atoms with E-state index in [1.807, 2.05) is 7.05 Å². The van der Waals surface area contributed by atoms with Gasteiger partial charge in [-0.1, -0.05) is 0 Å². The highest BCUT2D eigenvalue weighted by Gasteiger charge is 2.51. The van der Waals surface area contributed by atoms with Gasteiger partial charge in [0.05, 0.1) is 23.2 Å². The van der Waals surface area contributed by atoms with E-state index in [1.165, 1.54) is 4.88 Å². The molecule has 1 spiro atoms. The molecule has 1 unspecified atom stereocenters. The van der Waals surface area contributed by atoms with Crippen molar-refractivity contribution in [2.24, 2.45) is 11.3 Å². The highest BCUT2D eigenvalue weighted by atomic mass is 32.1. The number of carbonyl (C=O) groups excluding carboxylic acids is 1. The summed E-state index contributed by atoms with van der Waals surface area (Å²) < 4.78 is 5.65. The first-order chi connectivity index (χ1) is 14.0. The van der Waals surface area contributed by atoms with E-state index >= 15 is 0 Å². The maximum atomic E-state index is 13.5. The van der Waals surface area contributed by atoms with Crippen LogP contribution >= 0.6 is 11.3 Å². The average Bonchev–Trinajstić information content (AvgIpc) is 3.21. The summed E-state index contributed by atoms with van der Waals surface area (Å²) in [6.45, 7) is 8.65. The van der Waals surface area contributed by atoms with Gasteiger partial charge in [-0.05, 0) is 32.8 Å². The van der Waals surface area contributed by atoms with Crippen molar-refractivity contribution in [1.82, 2.24) is 24.8 Å². The minimum Gasteiger partial charge on any atom is -0.381 e. The lowest BCUT2D eigenvalue weighted by Crippen LogP contribution is -2.45. The molecular weight excluding hydrogens is 386 g/mol. The van der Waals surface area contributed by atoms with Gasteiger partial charge in [-0.2, -0.15) is 0 Å². The Hall–Kier alpha value is -1.90. The molecule has 29 heavy (non-hydrogen) atoms. The molecule has 2 fully saturated rings. The van der Waals surface area contributed by atoms with Gasteiger partial charge in [0.15, 0.2) is 0 Å². The second-order valence-corrected chi connectivity index (χ2v) is 9.59. The van der Waals surface area contributed by atoms with E-state index in [-0.39, 0.29) is 17.2 Å². The van der Waals surface area contributed by atoms with Gasteiger partial charge in [0.2, 0.25) is 5.91 Å². The van der Waals surface area contributed by atoms with Crippen LogP contribution in [-0.2, 0) is 22.6 Å². The van der Waals surface area contributed by atoms with E-state index in [1.54, 1.807) is 34.7 Å². The molecule has 1 amide bonds. The van der Waals surface area contributed by atoms with Gasteiger partial charge in [-0.15, -0.1) is 11.3 Å². The first-order valence-corrected chi connectivity index (χ1v) is 11.0. The third-order valence-electron chi connectivity index (χ3n) is 6.25. The van der Waals surface area contributed by atoms with Crippen LogP contribution in [0.1, 0.15) is 34.2 Å². The zero-order valence-electron chi connectivity index (χ0n) is 17.4. The van der Waals surface area contributed by atoms with E-state index in [0.29, 0.717) is 12.4 Å². The summed E-state index contributed by atoms with van der Waals surface area (Å²) >= 11 is 1.76. The molecule has 0 aromatic carbocycles. The van der Waals surface area contributed by atoms with E-state index in [2.05, 4.69) is 33.7 Å². The van der Waals surface area contributed by atoms with Crippen molar-refractivity contribution in [2.75, 3.05) is 33.4 Å². The highest BCUT2D eigenvalue weighted by Crippen LogP contribution is 2.45. The summed E-state index contributed by atoms with van der Waals surface area (Å²) in [5.41, 5.74) is 1.11. The fourth-order valence-corrected chi connectivity index (χ4v) is 5.69. The maximum absolute atomic E-state index is 13.5. The lowest BCUT2D eigenvalue weighted by atomic mass is 9.71. The van der Waals surface area contributed by atoms with Crippen LogP contribution in [0.15, 0.2) is 18.5 Å². The van der Waals surface area contributed by atoms with Crippen LogP contribution in [0.3, 0.4) is 0 Å². The molecule has 7 nitrogen and oxygen atoms in total. The normalized spacial score (nSPS) is 21.6. The number of thiazole rings is 1. The van der Waals surface area contributed by atoms with Crippen molar-refractivity contribution in [1.29, 1.82) is 0 Å². The van der Waals surface area contributed by atoms with Crippen molar-refractivity contribution < 1.29 is 9.53 Å². The molecule has 4 heterocycles. The van der Waals surface area contributed by atoms with Crippen LogP contribution in [0, 0.1) is 25.2 Å². The number of carbonyl (C=O) groups is 1. The Morgan fingerprint density at radius 1 is 1.31 bits per heavy atom. The summed E-state index contributed by atoms with van der Waals surface area (Å²) in [7, 11) is 1.87. The van der Waals surface area contributed by atoms with Gasteiger partial charge in [0.25, 0.3) is 0 Å². The highest BCUT2D eigenvalue weighted by molar-refractivity contribution is 7.11. The second-order valence-electron chi connectivity index (χ2n) is 8.30. The Labute approximate surface area is 176 Å². The molecule has 4 rings (SSSR count). The zero-order valence-corrected chi connectivity index (χ0v) is 18.2. The third-order valence-corrected chi connectivity index (χ3v) is 7.30. The van der Waals surface area contributed by atoms with Crippen molar-refractivity contribution in [3.63, 3.8) is 0 Å². The van der Waals surface area contributed by atoms with Crippen molar-refractivity contribution in [2.45, 2.75) is 39.8 Å². The Kier molecular flexibility index (Phi) is 5.94. The van der Waals surface area contributed by atoms with Crippen molar-refractivity contribution in [3.8, 4) is 0 Å². The van der Waals surface area contributed by atoms with Gasteiger partial charge >= 0.3 is 0 Å². The van der Waals surface area contributed by atoms with E-state index in [9.17, 15) is 4.79 Å². The monoisotopic (exact) mass is 415 g/mol. The van der Waals surface area contributed by atoms with Crippen LogP contribution in [0.4, 0.5) is 0 Å². The number of amides is 1. The summed E-state index contributed by atoms with van der Waals surface area (Å²) in [5, 5.41) is 1.10. The molecule has 0 radical (unpaired) electrons. The Balaban J connectivity index is 1.51. The molecule has 0 saturated carbocycles. The lowest BCUT2D eigenvalue weighted by Gasteiger charge is -2.38. The van der Waals surface area contributed by atoms with Crippen LogP contribution in [0.2, 0.25) is 0 Å². The number of rotatable bonds is 5. The molecule has 0 N–H and O–H groups in total. The van der Waals surface area contributed by atoms with Gasteiger partial charge in [-0.25, -0.2) is 15.0 Å². The lowest BCUT2D eigenvalue weighted by molar-refractivity contribution is -0.140. The standard InChI is InChI=1S/C21H29N5O2S/c1-15-18(29-16(2)24-15)12-26-11-17(21(14-26)5-9-28-10-6-21)20(27)25(3)13-19-22-7-4-8-23-19/h4,7-8,17H,5-6,9-14H2,1-3H3. The first kappa shape index (κ1) is 20.4. The molecule has 2 saturated heterocycles. The third kappa shape index (κ3) is 4.34. The van der Waals surface area contributed by atoms with Crippen LogP contribution in [0.5, 0.6) is 0 Å².